The normalized spacial score (nSPS) is 10.7. The molecule has 1 heterocycles. The van der Waals surface area contributed by atoms with E-state index < -0.39 is 0 Å². The lowest BCUT2D eigenvalue weighted by Gasteiger charge is -2.09. The second-order valence-corrected chi connectivity index (χ2v) is 4.34. The lowest BCUT2D eigenvalue weighted by Crippen LogP contribution is -2.01. The summed E-state index contributed by atoms with van der Waals surface area (Å²) in [6.07, 6.45) is 1.75. The van der Waals surface area contributed by atoms with Crippen LogP contribution in [-0.4, -0.2) is 16.2 Å². The van der Waals surface area contributed by atoms with Crippen molar-refractivity contribution < 1.29 is 4.74 Å². The number of nitrogens with zero attached hydrogens (tertiary/aromatic N) is 2. The maximum atomic E-state index is 6.19. The average Bonchev–Trinajstić information content (AvgIpc) is 2.73. The van der Waals surface area contributed by atoms with Crippen LogP contribution in [0.1, 0.15) is 12.6 Å². The van der Waals surface area contributed by atoms with Gasteiger partial charge in [-0.15, -0.1) is 0 Å². The molecule has 0 aliphatic heterocycles. The van der Waals surface area contributed by atoms with E-state index in [4.69, 9.17) is 22.1 Å². The quantitative estimate of drug-likeness (QED) is 0.925. The maximum absolute atomic E-state index is 6.19. The van der Waals surface area contributed by atoms with Gasteiger partial charge in [0.25, 0.3) is 0 Å². The second-order valence-electron chi connectivity index (χ2n) is 3.93. The fourth-order valence-electron chi connectivity index (χ4n) is 1.92. The number of halogens is 1. The molecule has 5 heteroatoms. The highest BCUT2D eigenvalue weighted by Gasteiger charge is 2.12. The van der Waals surface area contributed by atoms with Crippen molar-refractivity contribution in [2.75, 3.05) is 6.61 Å². The Labute approximate surface area is 111 Å². The molecule has 2 aromatic rings. The third-order valence-electron chi connectivity index (χ3n) is 2.71. The SMILES string of the molecule is CCOc1ccc(-c2c(CN)ncn2C)cc1Cl. The lowest BCUT2D eigenvalue weighted by atomic mass is 10.1. The van der Waals surface area contributed by atoms with Gasteiger partial charge in [0.1, 0.15) is 5.75 Å². The molecule has 1 aromatic heterocycles. The van der Waals surface area contributed by atoms with Gasteiger partial charge in [-0.25, -0.2) is 4.98 Å². The van der Waals surface area contributed by atoms with Gasteiger partial charge in [0.2, 0.25) is 0 Å². The van der Waals surface area contributed by atoms with Crippen molar-refractivity contribution in [3.05, 3.63) is 35.2 Å². The molecule has 0 amide bonds. The summed E-state index contributed by atoms with van der Waals surface area (Å²) >= 11 is 6.19. The standard InChI is InChI=1S/C13H16ClN3O/c1-3-18-12-5-4-9(6-10(12)14)13-11(7-15)16-8-17(13)2/h4-6,8H,3,7,15H2,1-2H3. The number of benzene rings is 1. The number of hydrogen-bond donors (Lipinski definition) is 1. The molecule has 0 atom stereocenters. The van der Waals surface area contributed by atoms with Gasteiger partial charge in [0, 0.05) is 19.2 Å². The molecule has 4 nitrogen and oxygen atoms in total. The van der Waals surface area contributed by atoms with E-state index in [0.717, 1.165) is 17.0 Å². The summed E-state index contributed by atoms with van der Waals surface area (Å²) in [4.78, 5) is 4.26. The Kier molecular flexibility index (Phi) is 3.89. The molecule has 0 spiro atoms. The Morgan fingerprint density at radius 2 is 2.22 bits per heavy atom. The summed E-state index contributed by atoms with van der Waals surface area (Å²) in [5.74, 6) is 0.694. The molecular formula is C13H16ClN3O. The summed E-state index contributed by atoms with van der Waals surface area (Å²) in [5.41, 5.74) is 8.52. The molecule has 1 aromatic carbocycles. The van der Waals surface area contributed by atoms with Crippen LogP contribution in [0.3, 0.4) is 0 Å². The number of aromatic nitrogens is 2. The fraction of sp³-hybridized carbons (Fsp3) is 0.308. The van der Waals surface area contributed by atoms with E-state index in [-0.39, 0.29) is 0 Å². The van der Waals surface area contributed by atoms with Crippen molar-refractivity contribution in [2.45, 2.75) is 13.5 Å². The van der Waals surface area contributed by atoms with Crippen LogP contribution in [0.5, 0.6) is 5.75 Å². The van der Waals surface area contributed by atoms with Crippen molar-refractivity contribution in [3.63, 3.8) is 0 Å². The van der Waals surface area contributed by atoms with Gasteiger partial charge in [0.05, 0.1) is 29.3 Å². The summed E-state index contributed by atoms with van der Waals surface area (Å²) in [7, 11) is 1.94. The van der Waals surface area contributed by atoms with Crippen LogP contribution in [0.15, 0.2) is 24.5 Å². The Morgan fingerprint density at radius 1 is 1.44 bits per heavy atom. The molecule has 18 heavy (non-hydrogen) atoms. The van der Waals surface area contributed by atoms with Gasteiger partial charge in [-0.3, -0.25) is 0 Å². The van der Waals surface area contributed by atoms with Crippen molar-refractivity contribution in [3.8, 4) is 17.0 Å². The largest absolute Gasteiger partial charge is 0.492 e. The molecular weight excluding hydrogens is 250 g/mol. The van der Waals surface area contributed by atoms with E-state index in [1.807, 2.05) is 36.7 Å². The minimum atomic E-state index is 0.404. The highest BCUT2D eigenvalue weighted by Crippen LogP contribution is 2.31. The highest BCUT2D eigenvalue weighted by molar-refractivity contribution is 6.32. The monoisotopic (exact) mass is 265 g/mol. The average molecular weight is 266 g/mol. The van der Waals surface area contributed by atoms with Crippen LogP contribution < -0.4 is 10.5 Å². The first kappa shape index (κ1) is 12.9. The van der Waals surface area contributed by atoms with Gasteiger partial charge in [-0.2, -0.15) is 0 Å². The number of nitrogens with two attached hydrogens (primary N) is 1. The topological polar surface area (TPSA) is 53.1 Å². The molecule has 0 fully saturated rings. The molecule has 0 bridgehead atoms. The van der Waals surface area contributed by atoms with E-state index in [1.54, 1.807) is 6.33 Å². The minimum Gasteiger partial charge on any atom is -0.492 e. The third kappa shape index (κ3) is 2.35. The smallest absolute Gasteiger partial charge is 0.137 e. The molecule has 0 saturated carbocycles. The zero-order valence-electron chi connectivity index (χ0n) is 10.5. The molecule has 0 aliphatic carbocycles. The van der Waals surface area contributed by atoms with Gasteiger partial charge in [-0.05, 0) is 25.1 Å². The summed E-state index contributed by atoms with van der Waals surface area (Å²) in [6.45, 7) is 2.93. The second kappa shape index (κ2) is 5.42. The first-order valence-corrected chi connectivity index (χ1v) is 6.18. The van der Waals surface area contributed by atoms with Crippen molar-refractivity contribution in [1.29, 1.82) is 0 Å². The fourth-order valence-corrected chi connectivity index (χ4v) is 2.15. The predicted molar refractivity (Wildman–Crippen MR) is 72.7 cm³/mol. The van der Waals surface area contributed by atoms with Crippen LogP contribution in [0.2, 0.25) is 5.02 Å². The number of aryl methyl sites for hydroxylation is 1. The van der Waals surface area contributed by atoms with Gasteiger partial charge in [0.15, 0.2) is 0 Å². The zero-order chi connectivity index (χ0) is 13.1. The number of hydrogen-bond acceptors (Lipinski definition) is 3. The summed E-state index contributed by atoms with van der Waals surface area (Å²) < 4.78 is 7.36. The first-order chi connectivity index (χ1) is 8.67. The van der Waals surface area contributed by atoms with Crippen LogP contribution in [0, 0.1) is 0 Å². The third-order valence-corrected chi connectivity index (χ3v) is 3.01. The number of ether oxygens (including phenoxy) is 1. The highest BCUT2D eigenvalue weighted by atomic mass is 35.5. The molecule has 2 rings (SSSR count). The molecule has 0 saturated heterocycles. The predicted octanol–water partition coefficient (Wildman–Crippen LogP) is 2.60. The summed E-state index contributed by atoms with van der Waals surface area (Å²) in [6, 6.07) is 5.71. The van der Waals surface area contributed by atoms with E-state index in [9.17, 15) is 0 Å². The van der Waals surface area contributed by atoms with E-state index in [1.165, 1.54) is 0 Å². The number of imidazole rings is 1. The van der Waals surface area contributed by atoms with E-state index in [0.29, 0.717) is 23.9 Å². The zero-order valence-corrected chi connectivity index (χ0v) is 11.2. The Morgan fingerprint density at radius 3 is 2.83 bits per heavy atom. The van der Waals surface area contributed by atoms with Crippen molar-refractivity contribution in [1.82, 2.24) is 9.55 Å². The molecule has 0 unspecified atom stereocenters. The van der Waals surface area contributed by atoms with E-state index in [2.05, 4.69) is 4.98 Å². The van der Waals surface area contributed by atoms with Crippen LogP contribution in [0.25, 0.3) is 11.3 Å². The lowest BCUT2D eigenvalue weighted by molar-refractivity contribution is 0.340. The van der Waals surface area contributed by atoms with Crippen LogP contribution >= 0.6 is 11.6 Å². The van der Waals surface area contributed by atoms with Crippen molar-refractivity contribution in [2.24, 2.45) is 12.8 Å². The minimum absolute atomic E-state index is 0.404. The van der Waals surface area contributed by atoms with E-state index >= 15 is 0 Å². The summed E-state index contributed by atoms with van der Waals surface area (Å²) in [5, 5.41) is 0.596. The van der Waals surface area contributed by atoms with Gasteiger partial charge < -0.3 is 15.0 Å². The molecule has 0 radical (unpaired) electrons. The van der Waals surface area contributed by atoms with Crippen LogP contribution in [-0.2, 0) is 13.6 Å². The van der Waals surface area contributed by atoms with Crippen molar-refractivity contribution >= 4 is 11.6 Å². The van der Waals surface area contributed by atoms with Gasteiger partial charge in [-0.1, -0.05) is 11.6 Å². The number of rotatable bonds is 4. The van der Waals surface area contributed by atoms with Crippen LogP contribution in [0.4, 0.5) is 0 Å². The maximum Gasteiger partial charge on any atom is 0.137 e. The molecule has 96 valence electrons. The molecule has 0 aliphatic rings. The molecule has 2 N–H and O–H groups in total. The Bertz CT molecular complexity index is 551. The first-order valence-electron chi connectivity index (χ1n) is 5.80. The Balaban J connectivity index is 2.45. The van der Waals surface area contributed by atoms with Gasteiger partial charge >= 0.3 is 0 Å². The Hall–Kier alpha value is -1.52.